The van der Waals surface area contributed by atoms with E-state index in [1.165, 1.54) is 17.0 Å². The molecule has 1 atom stereocenters. The van der Waals surface area contributed by atoms with Crippen molar-refractivity contribution in [2.75, 3.05) is 31.1 Å². The number of anilines is 1. The maximum atomic E-state index is 10.9. The van der Waals surface area contributed by atoms with Crippen LogP contribution < -0.4 is 4.90 Å². The van der Waals surface area contributed by atoms with Gasteiger partial charge in [-0.1, -0.05) is 36.5 Å². The zero-order valence-electron chi connectivity index (χ0n) is 16.2. The van der Waals surface area contributed by atoms with Crippen LogP contribution in [-0.2, 0) is 6.42 Å². The van der Waals surface area contributed by atoms with Crippen molar-refractivity contribution in [2.45, 2.75) is 19.4 Å². The Labute approximate surface area is 172 Å². The van der Waals surface area contributed by atoms with E-state index >= 15 is 0 Å². The number of fused-ring (bicyclic) bond motifs is 1. The summed E-state index contributed by atoms with van der Waals surface area (Å²) in [5.41, 5.74) is 1.25. The van der Waals surface area contributed by atoms with Crippen LogP contribution in [0.2, 0.25) is 0 Å². The highest BCUT2D eigenvalue weighted by molar-refractivity contribution is 7.17. The van der Waals surface area contributed by atoms with Gasteiger partial charge in [0.1, 0.15) is 11.8 Å². The summed E-state index contributed by atoms with van der Waals surface area (Å²) in [7, 11) is 0. The smallest absolute Gasteiger partial charge is 0.230 e. The topological polar surface area (TPSA) is 70.0 Å². The molecule has 150 valence electrons. The largest absolute Gasteiger partial charge is 0.492 e. The molecule has 29 heavy (non-hydrogen) atoms. The third-order valence-corrected chi connectivity index (χ3v) is 6.49. The van der Waals surface area contributed by atoms with Gasteiger partial charge < -0.3 is 14.4 Å². The number of benzene rings is 1. The predicted molar refractivity (Wildman–Crippen MR) is 113 cm³/mol. The summed E-state index contributed by atoms with van der Waals surface area (Å²) in [4.78, 5) is 10.8. The van der Waals surface area contributed by atoms with Crippen LogP contribution in [0, 0.1) is 0 Å². The summed E-state index contributed by atoms with van der Waals surface area (Å²) in [5, 5.41) is 15.3. The molecule has 1 aliphatic rings. The molecule has 5 rings (SSSR count). The molecule has 0 bridgehead atoms. The van der Waals surface area contributed by atoms with Crippen molar-refractivity contribution in [1.82, 2.24) is 19.5 Å². The molecule has 0 saturated carbocycles. The molecule has 4 heterocycles. The first kappa shape index (κ1) is 18.2. The van der Waals surface area contributed by atoms with Crippen molar-refractivity contribution in [3.05, 3.63) is 65.2 Å². The van der Waals surface area contributed by atoms with Crippen molar-refractivity contribution in [2.24, 2.45) is 0 Å². The number of rotatable bonds is 5. The van der Waals surface area contributed by atoms with E-state index in [1.54, 1.807) is 10.8 Å². The summed E-state index contributed by atoms with van der Waals surface area (Å²) >= 11 is 1.48. The number of aromatic hydroxyl groups is 1. The zero-order chi connectivity index (χ0) is 19.8. The van der Waals surface area contributed by atoms with E-state index < -0.39 is 0 Å². The summed E-state index contributed by atoms with van der Waals surface area (Å²) in [6.45, 7) is 5.59. The van der Waals surface area contributed by atoms with Crippen LogP contribution in [0.15, 0.2) is 53.1 Å². The van der Waals surface area contributed by atoms with Gasteiger partial charge in [0, 0.05) is 38.3 Å². The number of nitrogens with zero attached hydrogens (tertiary/aromatic N) is 5. The van der Waals surface area contributed by atoms with Crippen LogP contribution in [0.25, 0.3) is 4.96 Å². The average molecular weight is 410 g/mol. The normalized spacial score (nSPS) is 16.5. The Bertz CT molecular complexity index is 1080. The highest BCUT2D eigenvalue weighted by atomic mass is 32.1. The molecular formula is C21H23N5O2S. The van der Waals surface area contributed by atoms with E-state index in [1.807, 2.05) is 25.1 Å². The number of thiazole rings is 1. The van der Waals surface area contributed by atoms with Gasteiger partial charge in [-0.05, 0) is 24.3 Å². The Morgan fingerprint density at radius 2 is 1.90 bits per heavy atom. The molecule has 1 aliphatic heterocycles. The van der Waals surface area contributed by atoms with Crippen molar-refractivity contribution in [3.63, 3.8) is 0 Å². The van der Waals surface area contributed by atoms with Gasteiger partial charge in [-0.25, -0.2) is 4.98 Å². The highest BCUT2D eigenvalue weighted by Gasteiger charge is 2.33. The Morgan fingerprint density at radius 1 is 1.10 bits per heavy atom. The number of aryl methyl sites for hydroxylation is 1. The second-order valence-electron chi connectivity index (χ2n) is 7.14. The van der Waals surface area contributed by atoms with Crippen molar-refractivity contribution < 1.29 is 9.52 Å². The third kappa shape index (κ3) is 3.28. The number of furan rings is 1. The predicted octanol–water partition coefficient (Wildman–Crippen LogP) is 3.56. The molecule has 8 heteroatoms. The molecule has 1 aromatic carbocycles. The summed E-state index contributed by atoms with van der Waals surface area (Å²) in [5.74, 6) is 1.72. The minimum absolute atomic E-state index is 0.151. The fraction of sp³-hybridized carbons (Fsp3) is 0.333. The maximum absolute atomic E-state index is 10.9. The minimum Gasteiger partial charge on any atom is -0.492 e. The van der Waals surface area contributed by atoms with Crippen LogP contribution in [0.4, 0.5) is 5.69 Å². The number of hydrogen-bond acceptors (Lipinski definition) is 7. The van der Waals surface area contributed by atoms with Gasteiger partial charge in [0.05, 0.1) is 11.1 Å². The third-order valence-electron chi connectivity index (χ3n) is 5.42. The lowest BCUT2D eigenvalue weighted by atomic mass is 10.1. The summed E-state index contributed by atoms with van der Waals surface area (Å²) in [6.07, 6.45) is 2.43. The van der Waals surface area contributed by atoms with Gasteiger partial charge in [-0.15, -0.1) is 5.10 Å². The summed E-state index contributed by atoms with van der Waals surface area (Å²) in [6, 6.07) is 14.2. The van der Waals surface area contributed by atoms with Crippen LogP contribution in [0.1, 0.15) is 29.4 Å². The number of para-hydroxylation sites is 1. The second kappa shape index (κ2) is 7.53. The van der Waals surface area contributed by atoms with Gasteiger partial charge in [0.2, 0.25) is 10.8 Å². The van der Waals surface area contributed by atoms with E-state index in [4.69, 9.17) is 4.42 Å². The SMILES string of the molecule is CCc1nc2sc(C(c3ccco3)N3CCN(c4ccccc4)CC3)c(O)n2n1. The molecule has 0 aliphatic carbocycles. The second-order valence-corrected chi connectivity index (χ2v) is 8.15. The van der Waals surface area contributed by atoms with E-state index in [0.29, 0.717) is 4.96 Å². The fourth-order valence-corrected chi connectivity index (χ4v) is 5.03. The Balaban J connectivity index is 1.45. The molecule has 1 saturated heterocycles. The highest BCUT2D eigenvalue weighted by Crippen LogP contribution is 2.40. The molecule has 1 fully saturated rings. The Hall–Kier alpha value is -2.84. The van der Waals surface area contributed by atoms with Gasteiger partial charge in [-0.2, -0.15) is 4.52 Å². The molecule has 0 amide bonds. The van der Waals surface area contributed by atoms with Crippen molar-refractivity contribution in [3.8, 4) is 5.88 Å². The average Bonchev–Trinajstić information content (AvgIpc) is 3.49. The fourth-order valence-electron chi connectivity index (χ4n) is 3.92. The van der Waals surface area contributed by atoms with Gasteiger partial charge in [0.15, 0.2) is 5.82 Å². The van der Waals surface area contributed by atoms with Crippen LogP contribution in [0.3, 0.4) is 0 Å². The monoisotopic (exact) mass is 409 g/mol. The first-order chi connectivity index (χ1) is 14.2. The maximum Gasteiger partial charge on any atom is 0.230 e. The summed E-state index contributed by atoms with van der Waals surface area (Å²) < 4.78 is 7.33. The standard InChI is InChI=1S/C21H23N5O2S/c1-2-17-22-21-26(23-17)20(27)19(29-21)18(16-9-6-14-28-16)25-12-10-24(11-13-25)15-7-4-3-5-8-15/h3-9,14,18,27H,2,10-13H2,1H3. The van der Waals surface area contributed by atoms with E-state index in [0.717, 1.165) is 49.1 Å². The van der Waals surface area contributed by atoms with Crippen LogP contribution >= 0.6 is 11.3 Å². The molecule has 4 aromatic rings. The van der Waals surface area contributed by atoms with E-state index in [2.05, 4.69) is 44.1 Å². The number of piperazine rings is 1. The molecule has 0 radical (unpaired) electrons. The molecule has 7 nitrogen and oxygen atoms in total. The molecule has 1 unspecified atom stereocenters. The Morgan fingerprint density at radius 3 is 2.55 bits per heavy atom. The molecule has 1 N–H and O–H groups in total. The lowest BCUT2D eigenvalue weighted by molar-refractivity contribution is 0.191. The lowest BCUT2D eigenvalue weighted by Gasteiger charge is -2.39. The van der Waals surface area contributed by atoms with Gasteiger partial charge in [-0.3, -0.25) is 4.90 Å². The quantitative estimate of drug-likeness (QED) is 0.544. The number of hydrogen-bond donors (Lipinski definition) is 1. The van der Waals surface area contributed by atoms with Crippen LogP contribution in [-0.4, -0.2) is 50.8 Å². The van der Waals surface area contributed by atoms with E-state index in [-0.39, 0.29) is 11.9 Å². The first-order valence-corrected chi connectivity index (χ1v) is 10.7. The Kier molecular flexibility index (Phi) is 4.73. The lowest BCUT2D eigenvalue weighted by Crippen LogP contribution is -2.47. The first-order valence-electron chi connectivity index (χ1n) is 9.89. The van der Waals surface area contributed by atoms with Crippen molar-refractivity contribution in [1.29, 1.82) is 0 Å². The van der Waals surface area contributed by atoms with Gasteiger partial charge in [0.25, 0.3) is 0 Å². The molecule has 0 spiro atoms. The number of aromatic nitrogens is 3. The molecular weight excluding hydrogens is 386 g/mol. The minimum atomic E-state index is -0.151. The van der Waals surface area contributed by atoms with E-state index in [9.17, 15) is 5.11 Å². The van der Waals surface area contributed by atoms with Crippen LogP contribution in [0.5, 0.6) is 5.88 Å². The van der Waals surface area contributed by atoms with Crippen molar-refractivity contribution >= 4 is 22.0 Å². The molecule has 3 aromatic heterocycles. The zero-order valence-corrected chi connectivity index (χ0v) is 17.0. The van der Waals surface area contributed by atoms with Gasteiger partial charge >= 0.3 is 0 Å².